The van der Waals surface area contributed by atoms with E-state index >= 15 is 0 Å². The van der Waals surface area contributed by atoms with E-state index in [1.165, 1.54) is 0 Å². The Morgan fingerprint density at radius 2 is 2.35 bits per heavy atom. The van der Waals surface area contributed by atoms with Crippen LogP contribution < -0.4 is 5.32 Å². The fraction of sp³-hybridized carbons (Fsp3) is 0.455. The summed E-state index contributed by atoms with van der Waals surface area (Å²) < 4.78 is 6.77. The van der Waals surface area contributed by atoms with E-state index in [9.17, 15) is 0 Å². The fourth-order valence-corrected chi connectivity index (χ4v) is 1.72. The van der Waals surface area contributed by atoms with Gasteiger partial charge in [0.1, 0.15) is 0 Å². The zero-order valence-corrected chi connectivity index (χ0v) is 10.6. The van der Waals surface area contributed by atoms with Crippen LogP contribution >= 0.6 is 11.6 Å². The van der Waals surface area contributed by atoms with Crippen LogP contribution in [0.4, 0.5) is 5.95 Å². The zero-order chi connectivity index (χ0) is 12.3. The second-order valence-electron chi connectivity index (χ2n) is 3.79. The van der Waals surface area contributed by atoms with Crippen molar-refractivity contribution in [1.82, 2.24) is 14.6 Å². The third kappa shape index (κ3) is 2.87. The molecule has 2 aromatic rings. The molecule has 0 aliphatic heterocycles. The first-order chi connectivity index (χ1) is 8.22. The van der Waals surface area contributed by atoms with Gasteiger partial charge in [-0.2, -0.15) is 4.98 Å². The number of nitrogens with one attached hydrogen (secondary N) is 1. The lowest BCUT2D eigenvalue weighted by molar-refractivity contribution is 0.184. The van der Waals surface area contributed by atoms with E-state index in [-0.39, 0.29) is 6.04 Å². The smallest absolute Gasteiger partial charge is 0.243 e. The number of halogens is 1. The molecule has 0 aromatic carbocycles. The number of hydrogen-bond donors (Lipinski definition) is 1. The third-order valence-electron chi connectivity index (χ3n) is 2.49. The summed E-state index contributed by atoms with van der Waals surface area (Å²) in [5.41, 5.74) is 0.768. The molecule has 2 heterocycles. The van der Waals surface area contributed by atoms with Crippen molar-refractivity contribution in [2.24, 2.45) is 0 Å². The first-order valence-corrected chi connectivity index (χ1v) is 5.88. The van der Waals surface area contributed by atoms with Crippen molar-refractivity contribution in [3.63, 3.8) is 0 Å². The molecule has 5 nitrogen and oxygen atoms in total. The van der Waals surface area contributed by atoms with Crippen LogP contribution in [0, 0.1) is 0 Å². The van der Waals surface area contributed by atoms with Crippen molar-refractivity contribution in [2.75, 3.05) is 19.0 Å². The molecule has 1 N–H and O–H groups in total. The number of aromatic nitrogens is 3. The van der Waals surface area contributed by atoms with Crippen LogP contribution in [-0.2, 0) is 4.74 Å². The summed E-state index contributed by atoms with van der Waals surface area (Å²) in [6.07, 6.45) is 2.68. The Balaban J connectivity index is 2.18. The van der Waals surface area contributed by atoms with Crippen LogP contribution in [0.3, 0.4) is 0 Å². The van der Waals surface area contributed by atoms with Crippen LogP contribution in [0.2, 0.25) is 5.02 Å². The standard InChI is InChI=1S/C11H15ClN4O/c1-3-9(7-17-2)13-11-14-10-5-4-8(12)6-16(10)15-11/h4-6,9H,3,7H2,1-2H3,(H,13,15). The Labute approximate surface area is 105 Å². The van der Waals surface area contributed by atoms with Gasteiger partial charge in [-0.1, -0.05) is 18.5 Å². The number of hydrogen-bond acceptors (Lipinski definition) is 4. The maximum atomic E-state index is 5.88. The van der Waals surface area contributed by atoms with Gasteiger partial charge in [0.25, 0.3) is 0 Å². The second kappa shape index (κ2) is 5.33. The molecular weight excluding hydrogens is 240 g/mol. The molecule has 2 rings (SSSR count). The van der Waals surface area contributed by atoms with Crippen molar-refractivity contribution in [3.8, 4) is 0 Å². The highest BCUT2D eigenvalue weighted by Gasteiger charge is 2.09. The first-order valence-electron chi connectivity index (χ1n) is 5.50. The summed E-state index contributed by atoms with van der Waals surface area (Å²) in [5, 5.41) is 8.16. The van der Waals surface area contributed by atoms with Gasteiger partial charge in [-0.15, -0.1) is 5.10 Å². The van der Waals surface area contributed by atoms with Crippen molar-refractivity contribution in [1.29, 1.82) is 0 Å². The van der Waals surface area contributed by atoms with Gasteiger partial charge in [-0.05, 0) is 18.6 Å². The maximum absolute atomic E-state index is 5.88. The molecular formula is C11H15ClN4O. The van der Waals surface area contributed by atoms with Gasteiger partial charge in [-0.25, -0.2) is 4.52 Å². The van der Waals surface area contributed by atoms with Crippen molar-refractivity contribution >= 4 is 23.2 Å². The van der Waals surface area contributed by atoms with Gasteiger partial charge in [0, 0.05) is 13.3 Å². The summed E-state index contributed by atoms with van der Waals surface area (Å²) >= 11 is 5.88. The zero-order valence-electron chi connectivity index (χ0n) is 9.85. The largest absolute Gasteiger partial charge is 0.383 e. The number of fused-ring (bicyclic) bond motifs is 1. The molecule has 0 saturated heterocycles. The van der Waals surface area contributed by atoms with Gasteiger partial charge >= 0.3 is 0 Å². The lowest BCUT2D eigenvalue weighted by Gasteiger charge is -2.13. The monoisotopic (exact) mass is 254 g/mol. The van der Waals surface area contributed by atoms with E-state index in [4.69, 9.17) is 16.3 Å². The predicted octanol–water partition coefficient (Wildman–Crippen LogP) is 2.22. The van der Waals surface area contributed by atoms with E-state index in [1.54, 1.807) is 23.9 Å². The van der Waals surface area contributed by atoms with Crippen LogP contribution in [0.15, 0.2) is 18.3 Å². The topological polar surface area (TPSA) is 51.5 Å². The summed E-state index contributed by atoms with van der Waals surface area (Å²) in [4.78, 5) is 4.35. The molecule has 17 heavy (non-hydrogen) atoms. The molecule has 0 aliphatic carbocycles. The predicted molar refractivity (Wildman–Crippen MR) is 67.6 cm³/mol. The van der Waals surface area contributed by atoms with E-state index in [1.807, 2.05) is 6.07 Å². The first kappa shape index (κ1) is 12.1. The summed E-state index contributed by atoms with van der Waals surface area (Å²) in [7, 11) is 1.68. The van der Waals surface area contributed by atoms with Gasteiger partial charge in [0.05, 0.1) is 17.7 Å². The average Bonchev–Trinajstić information content (AvgIpc) is 2.69. The minimum absolute atomic E-state index is 0.216. The molecule has 2 aromatic heterocycles. The number of methoxy groups -OCH3 is 1. The molecule has 6 heteroatoms. The maximum Gasteiger partial charge on any atom is 0.243 e. The molecule has 1 atom stereocenters. The Morgan fingerprint density at radius 1 is 1.53 bits per heavy atom. The van der Waals surface area contributed by atoms with Crippen molar-refractivity contribution in [2.45, 2.75) is 19.4 Å². The molecule has 1 unspecified atom stereocenters. The SMILES string of the molecule is CCC(COC)Nc1nc2ccc(Cl)cn2n1. The molecule has 0 amide bonds. The van der Waals surface area contributed by atoms with E-state index in [0.29, 0.717) is 17.6 Å². The minimum Gasteiger partial charge on any atom is -0.383 e. The van der Waals surface area contributed by atoms with Gasteiger partial charge in [0.2, 0.25) is 5.95 Å². The van der Waals surface area contributed by atoms with Crippen molar-refractivity contribution < 1.29 is 4.74 Å². The van der Waals surface area contributed by atoms with Crippen molar-refractivity contribution in [3.05, 3.63) is 23.4 Å². The van der Waals surface area contributed by atoms with E-state index < -0.39 is 0 Å². The molecule has 0 bridgehead atoms. The number of pyridine rings is 1. The van der Waals surface area contributed by atoms with Crippen LogP contribution in [0.1, 0.15) is 13.3 Å². The van der Waals surface area contributed by atoms with Gasteiger partial charge < -0.3 is 10.1 Å². The van der Waals surface area contributed by atoms with Gasteiger partial charge in [0.15, 0.2) is 5.65 Å². The summed E-state index contributed by atoms with van der Waals surface area (Å²) in [6.45, 7) is 2.72. The summed E-state index contributed by atoms with van der Waals surface area (Å²) in [5.74, 6) is 0.594. The lowest BCUT2D eigenvalue weighted by atomic mass is 10.2. The van der Waals surface area contributed by atoms with E-state index in [2.05, 4.69) is 22.3 Å². The summed E-state index contributed by atoms with van der Waals surface area (Å²) in [6, 6.07) is 3.84. The number of nitrogens with zero attached hydrogens (tertiary/aromatic N) is 3. The Hall–Kier alpha value is -1.33. The lowest BCUT2D eigenvalue weighted by Crippen LogP contribution is -2.24. The average molecular weight is 255 g/mol. The highest BCUT2D eigenvalue weighted by molar-refractivity contribution is 6.30. The Bertz CT molecular complexity index is 499. The molecule has 0 saturated carbocycles. The fourth-order valence-electron chi connectivity index (χ4n) is 1.56. The van der Waals surface area contributed by atoms with Crippen LogP contribution in [0.25, 0.3) is 5.65 Å². The highest BCUT2D eigenvalue weighted by Crippen LogP contribution is 2.12. The molecule has 0 radical (unpaired) electrons. The Morgan fingerprint density at radius 3 is 3.06 bits per heavy atom. The number of anilines is 1. The quantitative estimate of drug-likeness (QED) is 0.889. The van der Waals surface area contributed by atoms with Gasteiger partial charge in [-0.3, -0.25) is 0 Å². The number of rotatable bonds is 5. The third-order valence-corrected chi connectivity index (χ3v) is 2.71. The highest BCUT2D eigenvalue weighted by atomic mass is 35.5. The second-order valence-corrected chi connectivity index (χ2v) is 4.23. The molecule has 0 spiro atoms. The van der Waals surface area contributed by atoms with E-state index in [0.717, 1.165) is 12.1 Å². The Kier molecular flexibility index (Phi) is 3.81. The minimum atomic E-state index is 0.216. The molecule has 92 valence electrons. The van der Waals surface area contributed by atoms with Crippen LogP contribution in [0.5, 0.6) is 0 Å². The number of ether oxygens (including phenoxy) is 1. The van der Waals surface area contributed by atoms with Crippen LogP contribution in [-0.4, -0.2) is 34.4 Å². The molecule has 0 aliphatic rings. The normalized spacial score (nSPS) is 12.9. The molecule has 0 fully saturated rings.